The molecule has 0 radical (unpaired) electrons. The molecule has 0 saturated heterocycles. The molecule has 1 rings (SSSR count). The highest BCUT2D eigenvalue weighted by atomic mass is 16.2. The van der Waals surface area contributed by atoms with Crippen LogP contribution < -0.4 is 10.9 Å². The summed E-state index contributed by atoms with van der Waals surface area (Å²) < 4.78 is 0. The van der Waals surface area contributed by atoms with E-state index in [0.29, 0.717) is 5.56 Å². The van der Waals surface area contributed by atoms with E-state index in [9.17, 15) is 4.79 Å². The van der Waals surface area contributed by atoms with E-state index in [1.165, 1.54) is 18.7 Å². The van der Waals surface area contributed by atoms with Crippen molar-refractivity contribution in [2.24, 2.45) is 0 Å². The molecule has 1 heterocycles. The van der Waals surface area contributed by atoms with Crippen LogP contribution in [0, 0.1) is 0 Å². The van der Waals surface area contributed by atoms with Gasteiger partial charge in [-0.3, -0.25) is 10.2 Å². The van der Waals surface area contributed by atoms with E-state index in [1.807, 2.05) is 0 Å². The Kier molecular flexibility index (Phi) is 4.57. The van der Waals surface area contributed by atoms with Crippen LogP contribution in [-0.4, -0.2) is 22.4 Å². The van der Waals surface area contributed by atoms with Crippen molar-refractivity contribution in [3.05, 3.63) is 24.3 Å². The highest BCUT2D eigenvalue weighted by Crippen LogP contribution is 1.90. The van der Waals surface area contributed by atoms with Gasteiger partial charge in [0.25, 0.3) is 5.91 Å². The number of amides is 1. The second kappa shape index (κ2) is 6.04. The molecule has 0 fully saturated rings. The minimum absolute atomic E-state index is 0.207. The maximum Gasteiger partial charge on any atom is 0.268 e. The van der Waals surface area contributed by atoms with Gasteiger partial charge in [0.2, 0.25) is 0 Å². The van der Waals surface area contributed by atoms with Crippen LogP contribution in [0.4, 0.5) is 0 Å². The van der Waals surface area contributed by atoms with Crippen LogP contribution in [0.1, 0.15) is 30.1 Å². The maximum atomic E-state index is 11.4. The number of hydrogen-bond acceptors (Lipinski definition) is 4. The first-order valence-electron chi connectivity index (χ1n) is 4.62. The Labute approximate surface area is 82.9 Å². The quantitative estimate of drug-likeness (QED) is 0.529. The van der Waals surface area contributed by atoms with Gasteiger partial charge >= 0.3 is 0 Å². The van der Waals surface area contributed by atoms with Gasteiger partial charge in [-0.05, 0) is 6.42 Å². The summed E-state index contributed by atoms with van der Waals surface area (Å²) in [6.45, 7) is 2.87. The van der Waals surface area contributed by atoms with E-state index in [1.54, 1.807) is 0 Å². The fourth-order valence-electron chi connectivity index (χ4n) is 0.896. The topological polar surface area (TPSA) is 66.9 Å². The zero-order valence-corrected chi connectivity index (χ0v) is 8.16. The number of nitrogens with one attached hydrogen (secondary N) is 2. The molecule has 5 heteroatoms. The van der Waals surface area contributed by atoms with Gasteiger partial charge in [0.15, 0.2) is 0 Å². The Morgan fingerprint density at radius 3 is 2.79 bits per heavy atom. The number of hydrazine groups is 1. The average molecular weight is 194 g/mol. The first kappa shape index (κ1) is 10.6. The van der Waals surface area contributed by atoms with E-state index in [2.05, 4.69) is 27.7 Å². The molecular weight excluding hydrogens is 180 g/mol. The van der Waals surface area contributed by atoms with E-state index in [-0.39, 0.29) is 5.91 Å². The Balaban J connectivity index is 2.29. The lowest BCUT2D eigenvalue weighted by atomic mass is 10.3. The summed E-state index contributed by atoms with van der Waals surface area (Å²) in [7, 11) is 0. The summed E-state index contributed by atoms with van der Waals surface area (Å²) in [5, 5.41) is 0. The Bertz CT molecular complexity index is 275. The zero-order chi connectivity index (χ0) is 10.2. The summed E-state index contributed by atoms with van der Waals surface area (Å²) in [4.78, 5) is 18.9. The first-order valence-corrected chi connectivity index (χ1v) is 4.62. The highest BCUT2D eigenvalue weighted by Gasteiger charge is 2.03. The fourth-order valence-corrected chi connectivity index (χ4v) is 0.896. The van der Waals surface area contributed by atoms with Crippen molar-refractivity contribution >= 4 is 5.91 Å². The fraction of sp³-hybridized carbons (Fsp3) is 0.444. The molecule has 76 valence electrons. The molecule has 0 aliphatic heterocycles. The van der Waals surface area contributed by atoms with Crippen molar-refractivity contribution < 1.29 is 4.79 Å². The number of nitrogens with zero attached hydrogens (tertiary/aromatic N) is 2. The minimum Gasteiger partial charge on any atom is -0.287 e. The lowest BCUT2D eigenvalue weighted by Crippen LogP contribution is -2.37. The van der Waals surface area contributed by atoms with Crippen LogP contribution in [0.15, 0.2) is 18.7 Å². The summed E-state index contributed by atoms with van der Waals surface area (Å²) in [5.41, 5.74) is 5.85. The predicted molar refractivity (Wildman–Crippen MR) is 52.4 cm³/mol. The molecule has 0 aromatic carbocycles. The summed E-state index contributed by atoms with van der Waals surface area (Å²) in [6.07, 6.45) is 6.47. The van der Waals surface area contributed by atoms with Crippen molar-refractivity contribution in [3.8, 4) is 0 Å². The predicted octanol–water partition coefficient (Wildman–Crippen LogP) is 0.511. The Hall–Kier alpha value is -1.49. The average Bonchev–Trinajstić information content (AvgIpc) is 2.25. The maximum absolute atomic E-state index is 11.4. The number of hydrogen-bond donors (Lipinski definition) is 2. The van der Waals surface area contributed by atoms with Crippen molar-refractivity contribution in [1.82, 2.24) is 20.8 Å². The van der Waals surface area contributed by atoms with Gasteiger partial charge < -0.3 is 0 Å². The van der Waals surface area contributed by atoms with Gasteiger partial charge in [-0.1, -0.05) is 13.3 Å². The van der Waals surface area contributed by atoms with Crippen molar-refractivity contribution in [3.63, 3.8) is 0 Å². The molecule has 1 aromatic rings. The molecule has 0 bridgehead atoms. The van der Waals surface area contributed by atoms with E-state index in [4.69, 9.17) is 0 Å². The lowest BCUT2D eigenvalue weighted by Gasteiger charge is -2.05. The first-order chi connectivity index (χ1) is 6.84. The van der Waals surface area contributed by atoms with Crippen LogP contribution in [0.5, 0.6) is 0 Å². The van der Waals surface area contributed by atoms with Crippen molar-refractivity contribution in [1.29, 1.82) is 0 Å². The smallest absolute Gasteiger partial charge is 0.268 e. The molecule has 1 aromatic heterocycles. The summed E-state index contributed by atoms with van der Waals surface area (Å²) in [5.74, 6) is -0.207. The second-order valence-electron chi connectivity index (χ2n) is 2.86. The van der Waals surface area contributed by atoms with Crippen molar-refractivity contribution in [2.75, 3.05) is 6.54 Å². The largest absolute Gasteiger partial charge is 0.287 e. The zero-order valence-electron chi connectivity index (χ0n) is 8.16. The summed E-state index contributed by atoms with van der Waals surface area (Å²) >= 11 is 0. The normalized spacial score (nSPS) is 9.79. The number of rotatable bonds is 5. The molecular formula is C9H14N4O. The second-order valence-corrected chi connectivity index (χ2v) is 2.86. The van der Waals surface area contributed by atoms with Gasteiger partial charge in [0.05, 0.1) is 5.56 Å². The minimum atomic E-state index is -0.207. The third-order valence-electron chi connectivity index (χ3n) is 1.68. The monoisotopic (exact) mass is 194 g/mol. The number of carbonyl (C=O) groups excluding carboxylic acids is 1. The molecule has 0 spiro atoms. The number of carbonyl (C=O) groups is 1. The van der Waals surface area contributed by atoms with Gasteiger partial charge in [0, 0.05) is 18.9 Å². The van der Waals surface area contributed by atoms with E-state index >= 15 is 0 Å². The Morgan fingerprint density at radius 1 is 1.43 bits per heavy atom. The molecule has 2 N–H and O–H groups in total. The van der Waals surface area contributed by atoms with Gasteiger partial charge in [-0.2, -0.15) is 0 Å². The lowest BCUT2D eigenvalue weighted by molar-refractivity contribution is 0.0932. The molecule has 0 atom stereocenters. The van der Waals surface area contributed by atoms with Gasteiger partial charge in [0.1, 0.15) is 6.33 Å². The van der Waals surface area contributed by atoms with Crippen LogP contribution >= 0.6 is 0 Å². The number of unbranched alkanes of at least 4 members (excludes halogenated alkanes) is 1. The van der Waals surface area contributed by atoms with Crippen LogP contribution in [0.25, 0.3) is 0 Å². The molecule has 0 aliphatic carbocycles. The molecule has 0 saturated carbocycles. The molecule has 14 heavy (non-hydrogen) atoms. The van der Waals surface area contributed by atoms with Crippen molar-refractivity contribution in [2.45, 2.75) is 19.8 Å². The summed E-state index contributed by atoms with van der Waals surface area (Å²) in [6, 6.07) is 0. The van der Waals surface area contributed by atoms with Crippen LogP contribution in [0.3, 0.4) is 0 Å². The van der Waals surface area contributed by atoms with Gasteiger partial charge in [-0.15, -0.1) is 0 Å². The third kappa shape index (κ3) is 3.49. The molecule has 1 amide bonds. The molecule has 5 nitrogen and oxygen atoms in total. The number of aromatic nitrogens is 2. The van der Waals surface area contributed by atoms with Gasteiger partial charge in [-0.25, -0.2) is 15.4 Å². The highest BCUT2D eigenvalue weighted by molar-refractivity contribution is 5.93. The van der Waals surface area contributed by atoms with E-state index < -0.39 is 0 Å². The molecule has 0 unspecified atom stereocenters. The van der Waals surface area contributed by atoms with E-state index in [0.717, 1.165) is 19.4 Å². The SMILES string of the molecule is CCCCNNC(=O)c1cncnc1. The molecule has 0 aliphatic rings. The standard InChI is InChI=1S/C9H14N4O/c1-2-3-4-12-13-9(14)8-5-10-7-11-6-8/h5-7,12H,2-4H2,1H3,(H,13,14). The van der Waals surface area contributed by atoms with Crippen LogP contribution in [0.2, 0.25) is 0 Å². The van der Waals surface area contributed by atoms with Crippen LogP contribution in [-0.2, 0) is 0 Å². The Morgan fingerprint density at radius 2 is 2.14 bits per heavy atom. The third-order valence-corrected chi connectivity index (χ3v) is 1.68.